The first-order valence-corrected chi connectivity index (χ1v) is 6.24. The van der Waals surface area contributed by atoms with Gasteiger partial charge in [-0.05, 0) is 32.2 Å². The molecule has 0 spiro atoms. The van der Waals surface area contributed by atoms with Gasteiger partial charge in [0.15, 0.2) is 0 Å². The summed E-state index contributed by atoms with van der Waals surface area (Å²) in [7, 11) is 0. The van der Waals surface area contributed by atoms with Gasteiger partial charge in [-0.15, -0.1) is 0 Å². The van der Waals surface area contributed by atoms with Crippen LogP contribution < -0.4 is 5.32 Å². The summed E-state index contributed by atoms with van der Waals surface area (Å²) < 4.78 is 5.43. The Morgan fingerprint density at radius 3 is 3.31 bits per heavy atom. The minimum atomic E-state index is 0.652. The van der Waals surface area contributed by atoms with Crippen molar-refractivity contribution in [3.05, 3.63) is 18.2 Å². The Bertz CT molecular complexity index is 266. The van der Waals surface area contributed by atoms with E-state index in [9.17, 15) is 0 Å². The van der Waals surface area contributed by atoms with Gasteiger partial charge in [-0.25, -0.2) is 4.98 Å². The topological polar surface area (TPSA) is 49.9 Å². The van der Waals surface area contributed by atoms with Gasteiger partial charge in [-0.3, -0.25) is 0 Å². The number of aromatic nitrogens is 2. The van der Waals surface area contributed by atoms with Crippen LogP contribution in [0.2, 0.25) is 0 Å². The molecule has 0 saturated carbocycles. The summed E-state index contributed by atoms with van der Waals surface area (Å²) in [6.07, 6.45) is 9.46. The van der Waals surface area contributed by atoms with Crippen molar-refractivity contribution in [2.24, 2.45) is 0 Å². The number of ether oxygens (including phenoxy) is 1. The van der Waals surface area contributed by atoms with Gasteiger partial charge in [0, 0.05) is 38.1 Å². The molecule has 2 N–H and O–H groups in total. The van der Waals surface area contributed by atoms with Crippen molar-refractivity contribution in [2.45, 2.75) is 38.1 Å². The van der Waals surface area contributed by atoms with Crippen LogP contribution >= 0.6 is 0 Å². The lowest BCUT2D eigenvalue weighted by Gasteiger charge is -2.14. The second-order valence-corrected chi connectivity index (χ2v) is 4.33. The first-order valence-electron chi connectivity index (χ1n) is 6.24. The Hall–Kier alpha value is -0.870. The van der Waals surface area contributed by atoms with Crippen molar-refractivity contribution in [1.82, 2.24) is 15.3 Å². The zero-order valence-corrected chi connectivity index (χ0v) is 9.74. The van der Waals surface area contributed by atoms with E-state index < -0.39 is 0 Å². The largest absolute Gasteiger partial charge is 0.381 e. The molecule has 0 aromatic carbocycles. The molecule has 2 rings (SSSR count). The predicted molar refractivity (Wildman–Crippen MR) is 63.4 cm³/mol. The molecule has 4 heteroatoms. The standard InChI is InChI=1S/C12H21N3O/c1(4-12-14-7-8-15-12)6-13-11-3-2-9-16-10-5-11/h7-8,11,13H,1-6,9-10H2,(H,14,15). The first-order chi connectivity index (χ1) is 7.95. The third kappa shape index (κ3) is 3.94. The maximum atomic E-state index is 5.43. The highest BCUT2D eigenvalue weighted by molar-refractivity contribution is 4.86. The molecule has 1 aliphatic heterocycles. The highest BCUT2D eigenvalue weighted by Crippen LogP contribution is 2.08. The van der Waals surface area contributed by atoms with Gasteiger partial charge in [-0.2, -0.15) is 0 Å². The van der Waals surface area contributed by atoms with Crippen molar-refractivity contribution in [1.29, 1.82) is 0 Å². The van der Waals surface area contributed by atoms with E-state index in [0.29, 0.717) is 6.04 Å². The average Bonchev–Trinajstić information content (AvgIpc) is 2.68. The minimum Gasteiger partial charge on any atom is -0.381 e. The number of nitrogens with zero attached hydrogens (tertiary/aromatic N) is 1. The van der Waals surface area contributed by atoms with Crippen molar-refractivity contribution in [2.75, 3.05) is 19.8 Å². The van der Waals surface area contributed by atoms with Crippen molar-refractivity contribution in [3.8, 4) is 0 Å². The van der Waals surface area contributed by atoms with Crippen LogP contribution in [0.15, 0.2) is 12.4 Å². The highest BCUT2D eigenvalue weighted by atomic mass is 16.5. The predicted octanol–water partition coefficient (Wildman–Crippen LogP) is 1.50. The summed E-state index contributed by atoms with van der Waals surface area (Å²) in [4.78, 5) is 7.34. The van der Waals surface area contributed by atoms with Crippen LogP contribution in [-0.4, -0.2) is 35.8 Å². The summed E-state index contributed by atoms with van der Waals surface area (Å²) in [5.74, 6) is 1.09. The number of H-pyrrole nitrogens is 1. The van der Waals surface area contributed by atoms with Gasteiger partial charge in [0.05, 0.1) is 0 Å². The number of aromatic amines is 1. The molecular formula is C12H21N3O. The number of imidazole rings is 1. The molecule has 1 aromatic heterocycles. The van der Waals surface area contributed by atoms with Crippen molar-refractivity contribution >= 4 is 0 Å². The number of hydrogen-bond donors (Lipinski definition) is 2. The maximum absolute atomic E-state index is 5.43. The second-order valence-electron chi connectivity index (χ2n) is 4.33. The number of aryl methyl sites for hydroxylation is 1. The normalized spacial score (nSPS) is 21.9. The third-order valence-electron chi connectivity index (χ3n) is 3.03. The van der Waals surface area contributed by atoms with Crippen LogP contribution in [0.4, 0.5) is 0 Å². The van der Waals surface area contributed by atoms with Crippen LogP contribution in [0, 0.1) is 0 Å². The molecule has 1 aromatic rings. The van der Waals surface area contributed by atoms with E-state index in [1.54, 1.807) is 0 Å². The van der Waals surface area contributed by atoms with Gasteiger partial charge in [-0.1, -0.05) is 0 Å². The molecule has 1 saturated heterocycles. The number of nitrogens with one attached hydrogen (secondary N) is 2. The zero-order chi connectivity index (χ0) is 11.1. The summed E-state index contributed by atoms with van der Waals surface area (Å²) in [6, 6.07) is 0.652. The van der Waals surface area contributed by atoms with Crippen LogP contribution in [0.3, 0.4) is 0 Å². The summed E-state index contributed by atoms with van der Waals surface area (Å²) >= 11 is 0. The van der Waals surface area contributed by atoms with Crippen LogP contribution in [0.1, 0.15) is 31.5 Å². The third-order valence-corrected chi connectivity index (χ3v) is 3.03. The van der Waals surface area contributed by atoms with E-state index in [1.165, 1.54) is 12.8 Å². The summed E-state index contributed by atoms with van der Waals surface area (Å²) in [5, 5.41) is 3.60. The second kappa shape index (κ2) is 6.66. The molecule has 1 unspecified atom stereocenters. The summed E-state index contributed by atoms with van der Waals surface area (Å²) in [6.45, 7) is 2.92. The van der Waals surface area contributed by atoms with Gasteiger partial charge in [0.25, 0.3) is 0 Å². The van der Waals surface area contributed by atoms with E-state index in [1.807, 2.05) is 12.4 Å². The lowest BCUT2D eigenvalue weighted by molar-refractivity contribution is 0.142. The van der Waals surface area contributed by atoms with Gasteiger partial charge >= 0.3 is 0 Å². The lowest BCUT2D eigenvalue weighted by Crippen LogP contribution is -2.30. The van der Waals surface area contributed by atoms with Crippen molar-refractivity contribution < 1.29 is 4.74 Å². The summed E-state index contributed by atoms with van der Waals surface area (Å²) in [5.41, 5.74) is 0. The van der Waals surface area contributed by atoms with Crippen LogP contribution in [-0.2, 0) is 11.2 Å². The fraction of sp³-hybridized carbons (Fsp3) is 0.750. The zero-order valence-electron chi connectivity index (χ0n) is 9.74. The Labute approximate surface area is 96.8 Å². The molecule has 0 aliphatic carbocycles. The lowest BCUT2D eigenvalue weighted by atomic mass is 10.1. The van der Waals surface area contributed by atoms with Gasteiger partial charge in [0.1, 0.15) is 5.82 Å². The molecule has 0 radical (unpaired) electrons. The van der Waals surface area contributed by atoms with E-state index in [2.05, 4.69) is 15.3 Å². The number of rotatable bonds is 5. The molecule has 90 valence electrons. The van der Waals surface area contributed by atoms with E-state index in [4.69, 9.17) is 4.74 Å². The molecule has 1 atom stereocenters. The Kier molecular flexibility index (Phi) is 4.83. The van der Waals surface area contributed by atoms with Crippen LogP contribution in [0.5, 0.6) is 0 Å². The molecule has 1 aliphatic rings. The number of hydrogen-bond acceptors (Lipinski definition) is 3. The Balaban J connectivity index is 1.56. The molecule has 1 fully saturated rings. The Morgan fingerprint density at radius 2 is 2.44 bits per heavy atom. The van der Waals surface area contributed by atoms with Crippen molar-refractivity contribution in [3.63, 3.8) is 0 Å². The fourth-order valence-electron chi connectivity index (χ4n) is 2.10. The molecule has 16 heavy (non-hydrogen) atoms. The minimum absolute atomic E-state index is 0.652. The first kappa shape index (κ1) is 11.6. The molecule has 2 heterocycles. The smallest absolute Gasteiger partial charge is 0.106 e. The molecule has 0 bridgehead atoms. The monoisotopic (exact) mass is 223 g/mol. The molecular weight excluding hydrogens is 202 g/mol. The fourth-order valence-corrected chi connectivity index (χ4v) is 2.10. The van der Waals surface area contributed by atoms with E-state index in [-0.39, 0.29) is 0 Å². The van der Waals surface area contributed by atoms with Gasteiger partial charge < -0.3 is 15.0 Å². The SMILES string of the molecule is c1c[nH]c(CCCNC2CCCOCC2)n1. The highest BCUT2D eigenvalue weighted by Gasteiger charge is 2.10. The van der Waals surface area contributed by atoms with E-state index in [0.717, 1.165) is 44.8 Å². The Morgan fingerprint density at radius 1 is 1.44 bits per heavy atom. The average molecular weight is 223 g/mol. The molecule has 4 nitrogen and oxygen atoms in total. The van der Waals surface area contributed by atoms with Gasteiger partial charge in [0.2, 0.25) is 0 Å². The quantitative estimate of drug-likeness (QED) is 0.744. The maximum Gasteiger partial charge on any atom is 0.106 e. The van der Waals surface area contributed by atoms with E-state index >= 15 is 0 Å². The van der Waals surface area contributed by atoms with Crippen LogP contribution in [0.25, 0.3) is 0 Å². The molecule has 0 amide bonds.